The Kier molecular flexibility index (Phi) is 3.42. The van der Waals surface area contributed by atoms with E-state index in [0.29, 0.717) is 6.42 Å². The highest BCUT2D eigenvalue weighted by Gasteiger charge is 2.21. The molecule has 0 spiro atoms. The zero-order valence-corrected chi connectivity index (χ0v) is 11.6. The molecule has 1 aliphatic heterocycles. The second-order valence-corrected chi connectivity index (χ2v) is 5.11. The maximum absolute atomic E-state index is 12.5. The van der Waals surface area contributed by atoms with Crippen LogP contribution in [-0.4, -0.2) is 12.5 Å². The third kappa shape index (κ3) is 2.39. The summed E-state index contributed by atoms with van der Waals surface area (Å²) in [5.41, 5.74) is 4.07. The van der Waals surface area contributed by atoms with Crippen LogP contribution in [0.2, 0.25) is 0 Å². The summed E-state index contributed by atoms with van der Waals surface area (Å²) in [4.78, 5) is 14.3. The van der Waals surface area contributed by atoms with E-state index >= 15 is 0 Å². The highest BCUT2D eigenvalue weighted by atomic mass is 16.2. The number of hydrogen-bond acceptors (Lipinski definition) is 2. The van der Waals surface area contributed by atoms with E-state index in [4.69, 9.17) is 0 Å². The van der Waals surface area contributed by atoms with Gasteiger partial charge < -0.3 is 5.32 Å². The van der Waals surface area contributed by atoms with Gasteiger partial charge in [0, 0.05) is 18.7 Å². The molecule has 3 nitrogen and oxygen atoms in total. The van der Waals surface area contributed by atoms with Gasteiger partial charge in [-0.25, -0.2) is 0 Å². The van der Waals surface area contributed by atoms with Crippen molar-refractivity contribution in [2.24, 2.45) is 0 Å². The van der Waals surface area contributed by atoms with Gasteiger partial charge in [-0.15, -0.1) is 0 Å². The molecule has 1 amide bonds. The Bertz CT molecular complexity index is 619. The van der Waals surface area contributed by atoms with Crippen molar-refractivity contribution in [1.82, 2.24) is 0 Å². The molecule has 2 aromatic carbocycles. The number of carbonyl (C=O) groups excluding carboxylic acids is 1. The van der Waals surface area contributed by atoms with Crippen LogP contribution in [-0.2, 0) is 4.79 Å². The van der Waals surface area contributed by atoms with Crippen LogP contribution in [0.1, 0.15) is 18.4 Å². The molecule has 0 unspecified atom stereocenters. The Balaban J connectivity index is 2.10. The average Bonchev–Trinajstić information content (AvgIpc) is 2.45. The first-order valence-corrected chi connectivity index (χ1v) is 6.98. The molecule has 102 valence electrons. The van der Waals surface area contributed by atoms with E-state index in [0.717, 1.165) is 30.0 Å². The van der Waals surface area contributed by atoms with Crippen LogP contribution in [0.4, 0.5) is 17.1 Å². The highest BCUT2D eigenvalue weighted by Crippen LogP contribution is 2.34. The van der Waals surface area contributed by atoms with E-state index in [1.807, 2.05) is 53.4 Å². The van der Waals surface area contributed by atoms with Gasteiger partial charge in [-0.2, -0.15) is 0 Å². The molecule has 0 atom stereocenters. The molecular weight excluding hydrogens is 248 g/mol. The number of rotatable bonds is 1. The predicted octanol–water partition coefficient (Wildman–Crippen LogP) is 3.87. The van der Waals surface area contributed by atoms with E-state index in [2.05, 4.69) is 12.2 Å². The molecule has 0 fully saturated rings. The molecule has 0 saturated carbocycles. The number of carbonyl (C=O) groups is 1. The van der Waals surface area contributed by atoms with Gasteiger partial charge in [-0.1, -0.05) is 29.8 Å². The number of fused-ring (bicyclic) bond motifs is 1. The lowest BCUT2D eigenvalue weighted by molar-refractivity contribution is -0.118. The summed E-state index contributed by atoms with van der Waals surface area (Å²) >= 11 is 0. The Labute approximate surface area is 119 Å². The van der Waals surface area contributed by atoms with Gasteiger partial charge in [-0.3, -0.25) is 9.69 Å². The van der Waals surface area contributed by atoms with E-state index in [9.17, 15) is 4.79 Å². The molecule has 2 aromatic rings. The van der Waals surface area contributed by atoms with E-state index in [1.54, 1.807) is 0 Å². The predicted molar refractivity (Wildman–Crippen MR) is 82.5 cm³/mol. The largest absolute Gasteiger partial charge is 0.383 e. The standard InChI is InChI=1S/C17H18N2O/c1-13-8-10-14(11-9-13)19-16-6-3-2-5-15(16)18-12-4-7-17(19)20/h2-3,5-6,8-11,18H,4,7,12H2,1H3. The highest BCUT2D eigenvalue weighted by molar-refractivity contribution is 6.03. The van der Waals surface area contributed by atoms with Crippen LogP contribution in [0.15, 0.2) is 48.5 Å². The van der Waals surface area contributed by atoms with Crippen molar-refractivity contribution in [2.75, 3.05) is 16.8 Å². The Hall–Kier alpha value is -2.29. The molecule has 0 bridgehead atoms. The number of para-hydroxylation sites is 2. The number of aryl methyl sites for hydroxylation is 1. The van der Waals surface area contributed by atoms with Crippen molar-refractivity contribution in [3.8, 4) is 0 Å². The van der Waals surface area contributed by atoms with E-state index in [-0.39, 0.29) is 5.91 Å². The van der Waals surface area contributed by atoms with Crippen molar-refractivity contribution in [3.05, 3.63) is 54.1 Å². The molecular formula is C17H18N2O. The van der Waals surface area contributed by atoms with Crippen molar-refractivity contribution < 1.29 is 4.79 Å². The minimum absolute atomic E-state index is 0.155. The zero-order valence-electron chi connectivity index (χ0n) is 11.6. The number of hydrogen-bond donors (Lipinski definition) is 1. The fourth-order valence-corrected chi connectivity index (χ4v) is 2.50. The fourth-order valence-electron chi connectivity index (χ4n) is 2.50. The first-order chi connectivity index (χ1) is 9.75. The smallest absolute Gasteiger partial charge is 0.231 e. The summed E-state index contributed by atoms with van der Waals surface area (Å²) < 4.78 is 0. The lowest BCUT2D eigenvalue weighted by Gasteiger charge is -2.28. The molecule has 3 heteroatoms. The third-order valence-electron chi connectivity index (χ3n) is 3.57. The van der Waals surface area contributed by atoms with Gasteiger partial charge in [0.2, 0.25) is 5.91 Å². The molecule has 0 saturated heterocycles. The topological polar surface area (TPSA) is 32.3 Å². The number of benzene rings is 2. The number of anilines is 3. The van der Waals surface area contributed by atoms with Gasteiger partial charge in [0.15, 0.2) is 0 Å². The first kappa shape index (κ1) is 12.7. The lowest BCUT2D eigenvalue weighted by Crippen LogP contribution is -2.29. The van der Waals surface area contributed by atoms with Crippen LogP contribution >= 0.6 is 0 Å². The normalized spacial score (nSPS) is 15.1. The third-order valence-corrected chi connectivity index (χ3v) is 3.57. The number of amides is 1. The van der Waals surface area contributed by atoms with Gasteiger partial charge in [0.1, 0.15) is 0 Å². The van der Waals surface area contributed by atoms with Crippen LogP contribution in [0.25, 0.3) is 0 Å². The van der Waals surface area contributed by atoms with Crippen molar-refractivity contribution in [3.63, 3.8) is 0 Å². The van der Waals surface area contributed by atoms with Crippen LogP contribution < -0.4 is 10.2 Å². The number of nitrogens with zero attached hydrogens (tertiary/aromatic N) is 1. The molecule has 1 aliphatic rings. The molecule has 20 heavy (non-hydrogen) atoms. The van der Waals surface area contributed by atoms with Crippen LogP contribution in [0.5, 0.6) is 0 Å². The first-order valence-electron chi connectivity index (χ1n) is 6.98. The second-order valence-electron chi connectivity index (χ2n) is 5.11. The molecule has 0 aliphatic carbocycles. The monoisotopic (exact) mass is 266 g/mol. The summed E-state index contributed by atoms with van der Waals surface area (Å²) in [5, 5.41) is 3.40. The summed E-state index contributed by atoms with van der Waals surface area (Å²) in [7, 11) is 0. The van der Waals surface area contributed by atoms with Gasteiger partial charge in [0.05, 0.1) is 11.4 Å². The zero-order chi connectivity index (χ0) is 13.9. The summed E-state index contributed by atoms with van der Waals surface area (Å²) in [5.74, 6) is 0.155. The Morgan fingerprint density at radius 1 is 1.05 bits per heavy atom. The molecule has 3 rings (SSSR count). The van der Waals surface area contributed by atoms with Crippen molar-refractivity contribution in [1.29, 1.82) is 0 Å². The Morgan fingerprint density at radius 3 is 2.60 bits per heavy atom. The fraction of sp³-hybridized carbons (Fsp3) is 0.235. The van der Waals surface area contributed by atoms with Crippen LogP contribution in [0, 0.1) is 6.92 Å². The van der Waals surface area contributed by atoms with Crippen molar-refractivity contribution >= 4 is 23.0 Å². The molecule has 0 aromatic heterocycles. The van der Waals surface area contributed by atoms with Gasteiger partial charge in [-0.05, 0) is 37.6 Å². The summed E-state index contributed by atoms with van der Waals surface area (Å²) in [6, 6.07) is 16.1. The van der Waals surface area contributed by atoms with Gasteiger partial charge >= 0.3 is 0 Å². The summed E-state index contributed by atoms with van der Waals surface area (Å²) in [6.07, 6.45) is 1.42. The number of nitrogens with one attached hydrogen (secondary N) is 1. The SMILES string of the molecule is Cc1ccc(N2C(=O)CCCNc3ccccc32)cc1. The van der Waals surface area contributed by atoms with E-state index in [1.165, 1.54) is 5.56 Å². The minimum atomic E-state index is 0.155. The minimum Gasteiger partial charge on any atom is -0.383 e. The maximum Gasteiger partial charge on any atom is 0.231 e. The molecule has 1 N–H and O–H groups in total. The van der Waals surface area contributed by atoms with E-state index < -0.39 is 0 Å². The second kappa shape index (κ2) is 5.37. The maximum atomic E-state index is 12.5. The van der Waals surface area contributed by atoms with Gasteiger partial charge in [0.25, 0.3) is 0 Å². The quantitative estimate of drug-likeness (QED) is 0.850. The lowest BCUT2D eigenvalue weighted by atomic mass is 10.1. The summed E-state index contributed by atoms with van der Waals surface area (Å²) in [6.45, 7) is 2.89. The Morgan fingerprint density at radius 2 is 1.80 bits per heavy atom. The average molecular weight is 266 g/mol. The van der Waals surface area contributed by atoms with Crippen molar-refractivity contribution in [2.45, 2.75) is 19.8 Å². The molecule has 1 heterocycles. The van der Waals surface area contributed by atoms with Crippen LogP contribution in [0.3, 0.4) is 0 Å². The molecule has 0 radical (unpaired) electrons.